The molecule has 2 aromatic heterocycles. The van der Waals surface area contributed by atoms with Crippen molar-refractivity contribution in [2.75, 3.05) is 5.32 Å². The summed E-state index contributed by atoms with van der Waals surface area (Å²) in [4.78, 5) is 31.4. The van der Waals surface area contributed by atoms with Crippen LogP contribution in [-0.2, 0) is 12.8 Å². The van der Waals surface area contributed by atoms with Gasteiger partial charge in [-0.2, -0.15) is 5.10 Å². The van der Waals surface area contributed by atoms with Gasteiger partial charge < -0.3 is 10.3 Å². The Bertz CT molecular complexity index is 942. The fourth-order valence-electron chi connectivity index (χ4n) is 2.94. The van der Waals surface area contributed by atoms with Crippen molar-refractivity contribution >= 4 is 11.6 Å². The van der Waals surface area contributed by atoms with Crippen molar-refractivity contribution in [2.45, 2.75) is 19.3 Å². The van der Waals surface area contributed by atoms with E-state index in [1.807, 2.05) is 12.1 Å². The van der Waals surface area contributed by atoms with E-state index in [9.17, 15) is 9.59 Å². The van der Waals surface area contributed by atoms with E-state index in [4.69, 9.17) is 0 Å². The number of aromatic nitrogens is 4. The summed E-state index contributed by atoms with van der Waals surface area (Å²) >= 11 is 0. The molecule has 3 N–H and O–H groups in total. The molecule has 7 nitrogen and oxygen atoms in total. The zero-order valence-corrected chi connectivity index (χ0v) is 12.8. The largest absolute Gasteiger partial charge is 0.325 e. The third-order valence-corrected chi connectivity index (χ3v) is 4.16. The highest BCUT2D eigenvalue weighted by molar-refractivity contribution is 6.04. The first-order chi connectivity index (χ1) is 11.7. The average Bonchev–Trinajstić information content (AvgIpc) is 3.26. The number of nitrogens with one attached hydrogen (secondary N) is 3. The Morgan fingerprint density at radius 2 is 2.00 bits per heavy atom. The number of hydrogen-bond acceptors (Lipinski definition) is 4. The Hall–Kier alpha value is -3.22. The van der Waals surface area contributed by atoms with Crippen LogP contribution in [0.4, 0.5) is 5.69 Å². The van der Waals surface area contributed by atoms with E-state index in [1.54, 1.807) is 18.2 Å². The Morgan fingerprint density at radius 3 is 2.75 bits per heavy atom. The van der Waals surface area contributed by atoms with E-state index in [1.165, 1.54) is 6.33 Å². The lowest BCUT2D eigenvalue weighted by Crippen LogP contribution is -2.24. The van der Waals surface area contributed by atoms with Crippen molar-refractivity contribution in [3.05, 3.63) is 63.8 Å². The summed E-state index contributed by atoms with van der Waals surface area (Å²) in [6.07, 6.45) is 4.22. The van der Waals surface area contributed by atoms with E-state index in [2.05, 4.69) is 25.5 Å². The maximum atomic E-state index is 12.4. The van der Waals surface area contributed by atoms with Crippen LogP contribution in [0.15, 0.2) is 41.5 Å². The number of fused-ring (bicyclic) bond motifs is 1. The summed E-state index contributed by atoms with van der Waals surface area (Å²) in [5.74, 6) is 0.251. The second-order valence-corrected chi connectivity index (χ2v) is 5.74. The van der Waals surface area contributed by atoms with Crippen LogP contribution >= 0.6 is 0 Å². The van der Waals surface area contributed by atoms with Crippen LogP contribution in [0.25, 0.3) is 11.4 Å². The Labute approximate surface area is 137 Å². The quantitative estimate of drug-likeness (QED) is 0.685. The molecule has 7 heteroatoms. The number of aromatic amines is 2. The molecule has 0 aliphatic heterocycles. The predicted octanol–water partition coefficient (Wildman–Crippen LogP) is 1.90. The summed E-state index contributed by atoms with van der Waals surface area (Å²) < 4.78 is 0. The number of nitrogens with zero attached hydrogens (tertiary/aromatic N) is 2. The van der Waals surface area contributed by atoms with E-state index < -0.39 is 5.91 Å². The lowest BCUT2D eigenvalue weighted by Gasteiger charge is -2.07. The highest BCUT2D eigenvalue weighted by atomic mass is 16.2. The van der Waals surface area contributed by atoms with Crippen molar-refractivity contribution in [1.29, 1.82) is 0 Å². The van der Waals surface area contributed by atoms with E-state index in [-0.39, 0.29) is 11.1 Å². The molecule has 1 aliphatic carbocycles. The highest BCUT2D eigenvalue weighted by Gasteiger charge is 2.18. The maximum Gasteiger partial charge on any atom is 0.261 e. The molecule has 2 heterocycles. The van der Waals surface area contributed by atoms with Crippen molar-refractivity contribution in [3.63, 3.8) is 0 Å². The number of benzene rings is 1. The molecule has 1 aliphatic rings. The van der Waals surface area contributed by atoms with Gasteiger partial charge in [-0.25, -0.2) is 4.98 Å². The van der Waals surface area contributed by atoms with Gasteiger partial charge in [0, 0.05) is 16.9 Å². The van der Waals surface area contributed by atoms with Crippen LogP contribution in [0.2, 0.25) is 0 Å². The highest BCUT2D eigenvalue weighted by Crippen LogP contribution is 2.20. The normalized spacial score (nSPS) is 12.8. The number of rotatable bonds is 3. The smallest absolute Gasteiger partial charge is 0.261 e. The first-order valence-corrected chi connectivity index (χ1v) is 7.73. The molecule has 0 radical (unpaired) electrons. The topological polar surface area (TPSA) is 104 Å². The monoisotopic (exact) mass is 321 g/mol. The Balaban J connectivity index is 1.55. The van der Waals surface area contributed by atoms with Gasteiger partial charge in [0.1, 0.15) is 11.9 Å². The van der Waals surface area contributed by atoms with Crippen LogP contribution < -0.4 is 10.9 Å². The predicted molar refractivity (Wildman–Crippen MR) is 88.9 cm³/mol. The van der Waals surface area contributed by atoms with Gasteiger partial charge in [0.2, 0.25) is 0 Å². The van der Waals surface area contributed by atoms with Gasteiger partial charge in [0.25, 0.3) is 11.5 Å². The minimum Gasteiger partial charge on any atom is -0.325 e. The molecule has 1 amide bonds. The standard InChI is InChI=1S/C17H15N5O2/c23-16(13-8-11-2-1-3-14(11)21-17(13)24)20-12-6-4-10(5-7-12)15-18-9-19-22-15/h4-9H,1-3H2,(H,20,23)(H,21,24)(H,18,19,22). The second kappa shape index (κ2) is 5.77. The molecular formula is C17H15N5O2. The van der Waals surface area contributed by atoms with Gasteiger partial charge in [-0.1, -0.05) is 0 Å². The van der Waals surface area contributed by atoms with Crippen molar-refractivity contribution in [3.8, 4) is 11.4 Å². The number of carbonyl (C=O) groups excluding carboxylic acids is 1. The average molecular weight is 321 g/mol. The van der Waals surface area contributed by atoms with Crippen molar-refractivity contribution < 1.29 is 4.79 Å². The summed E-state index contributed by atoms with van der Waals surface area (Å²) in [5, 5.41) is 9.34. The Morgan fingerprint density at radius 1 is 1.17 bits per heavy atom. The van der Waals surface area contributed by atoms with Crippen LogP contribution in [-0.4, -0.2) is 26.1 Å². The van der Waals surface area contributed by atoms with Gasteiger partial charge in [0.15, 0.2) is 5.82 Å². The zero-order chi connectivity index (χ0) is 16.5. The molecule has 24 heavy (non-hydrogen) atoms. The molecule has 1 aromatic carbocycles. The summed E-state index contributed by atoms with van der Waals surface area (Å²) in [6.45, 7) is 0. The SMILES string of the molecule is O=C(Nc1ccc(-c2ncn[nH]2)cc1)c1cc2c([nH]c1=O)CCC2. The van der Waals surface area contributed by atoms with Crippen molar-refractivity contribution in [1.82, 2.24) is 20.2 Å². The molecule has 120 valence electrons. The van der Waals surface area contributed by atoms with Crippen LogP contribution in [0.1, 0.15) is 28.0 Å². The number of anilines is 1. The number of carbonyl (C=O) groups is 1. The van der Waals surface area contributed by atoms with E-state index >= 15 is 0 Å². The third kappa shape index (κ3) is 2.60. The lowest BCUT2D eigenvalue weighted by atomic mass is 10.1. The van der Waals surface area contributed by atoms with Crippen LogP contribution in [0, 0.1) is 0 Å². The van der Waals surface area contributed by atoms with E-state index in [0.717, 1.165) is 36.1 Å². The van der Waals surface area contributed by atoms with Crippen LogP contribution in [0.5, 0.6) is 0 Å². The van der Waals surface area contributed by atoms with Gasteiger partial charge >= 0.3 is 0 Å². The molecule has 3 aromatic rings. The van der Waals surface area contributed by atoms with Gasteiger partial charge in [-0.05, 0) is 55.2 Å². The van der Waals surface area contributed by atoms with Gasteiger partial charge in [-0.15, -0.1) is 0 Å². The molecule has 0 unspecified atom stereocenters. The fraction of sp³-hybridized carbons (Fsp3) is 0.176. The number of aryl methyl sites for hydroxylation is 2. The molecule has 0 spiro atoms. The van der Waals surface area contributed by atoms with Gasteiger partial charge in [0.05, 0.1) is 0 Å². The van der Waals surface area contributed by atoms with E-state index in [0.29, 0.717) is 11.5 Å². The van der Waals surface area contributed by atoms with Gasteiger partial charge in [-0.3, -0.25) is 14.7 Å². The number of pyridine rings is 1. The Kier molecular flexibility index (Phi) is 3.45. The summed E-state index contributed by atoms with van der Waals surface area (Å²) in [7, 11) is 0. The first kappa shape index (κ1) is 14.4. The number of hydrogen-bond donors (Lipinski definition) is 3. The molecule has 0 saturated heterocycles. The van der Waals surface area contributed by atoms with Crippen LogP contribution in [0.3, 0.4) is 0 Å². The molecule has 4 rings (SSSR count). The minimum atomic E-state index is -0.404. The molecule has 0 bridgehead atoms. The number of amides is 1. The second-order valence-electron chi connectivity index (χ2n) is 5.74. The molecular weight excluding hydrogens is 306 g/mol. The zero-order valence-electron chi connectivity index (χ0n) is 12.8. The molecule has 0 saturated carbocycles. The first-order valence-electron chi connectivity index (χ1n) is 7.73. The maximum absolute atomic E-state index is 12.4. The number of H-pyrrole nitrogens is 2. The lowest BCUT2D eigenvalue weighted by molar-refractivity contribution is 0.102. The summed E-state index contributed by atoms with van der Waals surface area (Å²) in [5.41, 5.74) is 3.29. The fourth-order valence-corrected chi connectivity index (χ4v) is 2.94. The summed E-state index contributed by atoms with van der Waals surface area (Å²) in [6, 6.07) is 8.88. The van der Waals surface area contributed by atoms with Crippen molar-refractivity contribution in [2.24, 2.45) is 0 Å². The molecule has 0 fully saturated rings. The molecule has 0 atom stereocenters. The minimum absolute atomic E-state index is 0.148. The third-order valence-electron chi connectivity index (χ3n) is 4.16.